The van der Waals surface area contributed by atoms with Crippen LogP contribution in [0.5, 0.6) is 0 Å². The molecule has 3 rings (SSSR count). The van der Waals surface area contributed by atoms with Gasteiger partial charge in [0.05, 0.1) is 19.3 Å². The number of hydrogen-bond acceptors (Lipinski definition) is 4. The first-order chi connectivity index (χ1) is 13.3. The molecule has 2 heterocycles. The fourth-order valence-electron chi connectivity index (χ4n) is 3.23. The zero-order valence-corrected chi connectivity index (χ0v) is 19.1. The van der Waals surface area contributed by atoms with Gasteiger partial charge in [-0.05, 0) is 37.5 Å². The highest BCUT2D eigenvalue weighted by atomic mass is 127. The highest BCUT2D eigenvalue weighted by Gasteiger charge is 2.15. The molecule has 0 bridgehead atoms. The lowest BCUT2D eigenvalue weighted by Crippen LogP contribution is -2.38. The number of ether oxygens (including phenoxy) is 2. The third kappa shape index (κ3) is 7.60. The summed E-state index contributed by atoms with van der Waals surface area (Å²) < 4.78 is 11.1. The van der Waals surface area contributed by atoms with Gasteiger partial charge >= 0.3 is 0 Å². The second-order valence-corrected chi connectivity index (χ2v) is 6.88. The molecule has 6 nitrogen and oxygen atoms in total. The van der Waals surface area contributed by atoms with Gasteiger partial charge in [0.25, 0.3) is 0 Å². The number of hydrogen-bond donors (Lipinski definition) is 2. The van der Waals surface area contributed by atoms with Crippen LogP contribution < -0.4 is 15.5 Å². The van der Waals surface area contributed by atoms with Gasteiger partial charge in [0.2, 0.25) is 0 Å². The lowest BCUT2D eigenvalue weighted by molar-refractivity contribution is 0.0420. The number of halogens is 1. The molecule has 1 aromatic rings. The van der Waals surface area contributed by atoms with Crippen molar-refractivity contribution in [1.82, 2.24) is 10.6 Å². The van der Waals surface area contributed by atoms with Gasteiger partial charge in [-0.2, -0.15) is 0 Å². The Labute approximate surface area is 185 Å². The summed E-state index contributed by atoms with van der Waals surface area (Å²) in [6.45, 7) is 8.76. The van der Waals surface area contributed by atoms with Gasteiger partial charge in [0.15, 0.2) is 5.96 Å². The van der Waals surface area contributed by atoms with E-state index in [4.69, 9.17) is 14.5 Å². The molecule has 0 aromatic heterocycles. The Kier molecular flexibility index (Phi) is 10.7. The Morgan fingerprint density at radius 2 is 2.14 bits per heavy atom. The lowest BCUT2D eigenvalue weighted by Gasteiger charge is -2.18. The van der Waals surface area contributed by atoms with Crippen molar-refractivity contribution in [2.24, 2.45) is 4.99 Å². The number of aliphatic imine (C=N–C) groups is 1. The minimum Gasteiger partial charge on any atom is -0.379 e. The third-order valence-electron chi connectivity index (χ3n) is 4.71. The molecule has 7 heteroatoms. The first-order valence-electron chi connectivity index (χ1n) is 10.1. The van der Waals surface area contributed by atoms with E-state index in [1.165, 1.54) is 11.3 Å². The fraction of sp³-hybridized carbons (Fsp3) is 0.571. The molecule has 1 unspecified atom stereocenters. The molecule has 0 spiro atoms. The highest BCUT2D eigenvalue weighted by Crippen LogP contribution is 2.18. The molecule has 1 aromatic carbocycles. The van der Waals surface area contributed by atoms with Gasteiger partial charge in [-0.25, -0.2) is 4.99 Å². The molecule has 1 fully saturated rings. The Balaban J connectivity index is 0.00000280. The van der Waals surface area contributed by atoms with E-state index in [-0.39, 0.29) is 30.1 Å². The van der Waals surface area contributed by atoms with E-state index in [2.05, 4.69) is 58.9 Å². The largest absolute Gasteiger partial charge is 0.379 e. The maximum Gasteiger partial charge on any atom is 0.191 e. The van der Waals surface area contributed by atoms with Crippen LogP contribution in [0.15, 0.2) is 41.4 Å². The molecule has 1 saturated heterocycles. The van der Waals surface area contributed by atoms with Crippen LogP contribution >= 0.6 is 24.0 Å². The first-order valence-corrected chi connectivity index (χ1v) is 10.1. The molecule has 2 N–H and O–H groups in total. The van der Waals surface area contributed by atoms with Crippen LogP contribution in [0.4, 0.5) is 5.69 Å². The van der Waals surface area contributed by atoms with Crippen molar-refractivity contribution in [3.05, 3.63) is 42.0 Å². The van der Waals surface area contributed by atoms with Crippen molar-refractivity contribution < 1.29 is 9.47 Å². The summed E-state index contributed by atoms with van der Waals surface area (Å²) in [4.78, 5) is 7.08. The summed E-state index contributed by atoms with van der Waals surface area (Å²) in [5, 5.41) is 6.71. The van der Waals surface area contributed by atoms with Crippen LogP contribution in [0.25, 0.3) is 0 Å². The minimum absolute atomic E-state index is 0. The van der Waals surface area contributed by atoms with Crippen molar-refractivity contribution in [2.45, 2.75) is 32.4 Å². The monoisotopic (exact) mass is 500 g/mol. The zero-order chi connectivity index (χ0) is 18.7. The predicted octanol–water partition coefficient (Wildman–Crippen LogP) is 2.93. The second kappa shape index (κ2) is 13.0. The van der Waals surface area contributed by atoms with Crippen LogP contribution in [0.3, 0.4) is 0 Å². The van der Waals surface area contributed by atoms with E-state index in [1.54, 1.807) is 0 Å². The van der Waals surface area contributed by atoms with Gasteiger partial charge in [-0.3, -0.25) is 0 Å². The van der Waals surface area contributed by atoms with E-state index in [1.807, 2.05) is 0 Å². The maximum absolute atomic E-state index is 5.80. The van der Waals surface area contributed by atoms with Crippen LogP contribution in [-0.4, -0.2) is 58.1 Å². The standard InChI is InChI=1S/C21H32N4O2.HI/c1-2-22-21(23-10-6-13-27-20-9-14-26-17-20)24-16-18-7-5-8-19(15-18)25-11-3-4-12-25;/h3-5,7-8,15,20H,2,6,9-14,16-17H2,1H3,(H2,22,23,24);1H. The number of anilines is 1. The molecule has 0 aliphatic carbocycles. The van der Waals surface area contributed by atoms with Crippen molar-refractivity contribution >= 4 is 35.6 Å². The van der Waals surface area contributed by atoms with Crippen LogP contribution in [0.2, 0.25) is 0 Å². The predicted molar refractivity (Wildman–Crippen MR) is 126 cm³/mol. The smallest absolute Gasteiger partial charge is 0.191 e. The fourth-order valence-corrected chi connectivity index (χ4v) is 3.23. The SMILES string of the molecule is CCNC(=NCc1cccc(N2CC=CC2)c1)NCCCOC1CCOC1.I. The van der Waals surface area contributed by atoms with Crippen molar-refractivity contribution in [2.75, 3.05) is 50.9 Å². The van der Waals surface area contributed by atoms with E-state index in [9.17, 15) is 0 Å². The molecular formula is C21H33IN4O2. The molecule has 28 heavy (non-hydrogen) atoms. The summed E-state index contributed by atoms with van der Waals surface area (Å²) >= 11 is 0. The molecule has 2 aliphatic rings. The number of nitrogens with zero attached hydrogens (tertiary/aromatic N) is 2. The van der Waals surface area contributed by atoms with Gasteiger partial charge in [-0.15, -0.1) is 24.0 Å². The number of rotatable bonds is 9. The molecule has 2 aliphatic heterocycles. The average molecular weight is 500 g/mol. The Hall–Kier alpha value is -1.32. The van der Waals surface area contributed by atoms with Crippen LogP contribution in [0, 0.1) is 0 Å². The minimum atomic E-state index is 0. The Morgan fingerprint density at radius 1 is 1.29 bits per heavy atom. The summed E-state index contributed by atoms with van der Waals surface area (Å²) in [5.74, 6) is 0.856. The maximum atomic E-state index is 5.80. The molecule has 0 radical (unpaired) electrons. The van der Waals surface area contributed by atoms with E-state index in [0.29, 0.717) is 6.54 Å². The summed E-state index contributed by atoms with van der Waals surface area (Å²) in [5.41, 5.74) is 2.49. The lowest BCUT2D eigenvalue weighted by atomic mass is 10.2. The van der Waals surface area contributed by atoms with Gasteiger partial charge in [0.1, 0.15) is 0 Å². The number of guanidine groups is 1. The molecule has 1 atom stereocenters. The summed E-state index contributed by atoms with van der Waals surface area (Å²) in [7, 11) is 0. The van der Waals surface area contributed by atoms with Gasteiger partial charge < -0.3 is 25.0 Å². The molecule has 0 amide bonds. The Morgan fingerprint density at radius 3 is 2.89 bits per heavy atom. The first kappa shape index (κ1) is 23.0. The van der Waals surface area contributed by atoms with Crippen molar-refractivity contribution in [1.29, 1.82) is 0 Å². The van der Waals surface area contributed by atoms with E-state index < -0.39 is 0 Å². The van der Waals surface area contributed by atoms with Crippen LogP contribution in [-0.2, 0) is 16.0 Å². The number of benzene rings is 1. The topological polar surface area (TPSA) is 58.1 Å². The van der Waals surface area contributed by atoms with Crippen molar-refractivity contribution in [3.8, 4) is 0 Å². The van der Waals surface area contributed by atoms with Gasteiger partial charge in [-0.1, -0.05) is 24.3 Å². The third-order valence-corrected chi connectivity index (χ3v) is 4.71. The molecule has 0 saturated carbocycles. The number of nitrogens with one attached hydrogen (secondary N) is 2. The zero-order valence-electron chi connectivity index (χ0n) is 16.7. The summed E-state index contributed by atoms with van der Waals surface area (Å²) in [6, 6.07) is 8.65. The quantitative estimate of drug-likeness (QED) is 0.180. The average Bonchev–Trinajstić information content (AvgIpc) is 3.40. The molecule has 156 valence electrons. The Bertz CT molecular complexity index is 625. The summed E-state index contributed by atoms with van der Waals surface area (Å²) in [6.07, 6.45) is 6.68. The van der Waals surface area contributed by atoms with Gasteiger partial charge in [0, 0.05) is 45.1 Å². The van der Waals surface area contributed by atoms with E-state index in [0.717, 1.165) is 64.8 Å². The van der Waals surface area contributed by atoms with Crippen molar-refractivity contribution in [3.63, 3.8) is 0 Å². The highest BCUT2D eigenvalue weighted by molar-refractivity contribution is 14.0. The molecular weight excluding hydrogens is 467 g/mol. The second-order valence-electron chi connectivity index (χ2n) is 6.88. The van der Waals surface area contributed by atoms with Crippen LogP contribution in [0.1, 0.15) is 25.3 Å². The van der Waals surface area contributed by atoms with E-state index >= 15 is 0 Å². The normalized spacial score (nSPS) is 19.0.